The summed E-state index contributed by atoms with van der Waals surface area (Å²) in [6, 6.07) is 3.90. The number of rotatable bonds is 5. The van der Waals surface area contributed by atoms with Crippen molar-refractivity contribution in [3.63, 3.8) is 0 Å². The molecule has 21 heavy (non-hydrogen) atoms. The average Bonchev–Trinajstić information content (AvgIpc) is 3.17. The Kier molecular flexibility index (Phi) is 3.87. The summed E-state index contributed by atoms with van der Waals surface area (Å²) in [5.41, 5.74) is 1.11. The van der Waals surface area contributed by atoms with Crippen molar-refractivity contribution in [2.24, 2.45) is 0 Å². The van der Waals surface area contributed by atoms with E-state index >= 15 is 0 Å². The Morgan fingerprint density at radius 1 is 1.38 bits per heavy atom. The average molecular weight is 304 g/mol. The molecule has 0 saturated carbocycles. The van der Waals surface area contributed by atoms with Crippen LogP contribution in [0.15, 0.2) is 30.0 Å². The highest BCUT2D eigenvalue weighted by Gasteiger charge is 2.10. The first-order valence-electron chi connectivity index (χ1n) is 6.46. The zero-order valence-electron chi connectivity index (χ0n) is 11.3. The van der Waals surface area contributed by atoms with Gasteiger partial charge in [-0.2, -0.15) is 0 Å². The lowest BCUT2D eigenvalue weighted by molar-refractivity contribution is 0.596. The fourth-order valence-corrected chi connectivity index (χ4v) is 2.49. The molecule has 3 aromatic heterocycles. The lowest BCUT2D eigenvalue weighted by Crippen LogP contribution is -2.07. The maximum atomic E-state index is 14.0. The van der Waals surface area contributed by atoms with Crippen LogP contribution in [-0.4, -0.2) is 25.0 Å². The molecule has 0 radical (unpaired) electrons. The van der Waals surface area contributed by atoms with Gasteiger partial charge < -0.3 is 5.32 Å². The third kappa shape index (κ3) is 2.89. The molecule has 0 aliphatic carbocycles. The highest BCUT2D eigenvalue weighted by molar-refractivity contribution is 7.12. The van der Waals surface area contributed by atoms with Crippen LogP contribution in [-0.2, 0) is 13.0 Å². The van der Waals surface area contributed by atoms with Gasteiger partial charge in [-0.25, -0.2) is 19.0 Å². The van der Waals surface area contributed by atoms with E-state index in [-0.39, 0.29) is 5.82 Å². The maximum Gasteiger partial charge on any atom is 0.186 e. The van der Waals surface area contributed by atoms with E-state index in [4.69, 9.17) is 0 Å². The zero-order chi connectivity index (χ0) is 14.7. The summed E-state index contributed by atoms with van der Waals surface area (Å²) < 4.78 is 15.7. The molecule has 0 fully saturated rings. The van der Waals surface area contributed by atoms with E-state index in [1.165, 1.54) is 6.33 Å². The van der Waals surface area contributed by atoms with E-state index in [2.05, 4.69) is 25.6 Å². The monoisotopic (exact) mass is 304 g/mol. The van der Waals surface area contributed by atoms with Crippen molar-refractivity contribution in [3.8, 4) is 5.00 Å². The van der Waals surface area contributed by atoms with Gasteiger partial charge in [0.15, 0.2) is 11.6 Å². The Balaban J connectivity index is 1.71. The Labute approximate surface area is 124 Å². The molecule has 0 aliphatic rings. The van der Waals surface area contributed by atoms with Gasteiger partial charge in [0.05, 0.1) is 18.4 Å². The predicted molar refractivity (Wildman–Crippen MR) is 77.9 cm³/mol. The quantitative estimate of drug-likeness (QED) is 0.784. The van der Waals surface area contributed by atoms with Crippen LogP contribution in [0.3, 0.4) is 0 Å². The molecule has 0 aromatic carbocycles. The normalized spacial score (nSPS) is 10.8. The van der Waals surface area contributed by atoms with Gasteiger partial charge in [0.25, 0.3) is 0 Å². The summed E-state index contributed by atoms with van der Waals surface area (Å²) in [6.45, 7) is 2.20. The zero-order valence-corrected chi connectivity index (χ0v) is 12.1. The lowest BCUT2D eigenvalue weighted by atomic mass is 10.3. The van der Waals surface area contributed by atoms with Crippen molar-refractivity contribution < 1.29 is 4.39 Å². The Morgan fingerprint density at radius 2 is 2.29 bits per heavy atom. The number of hydrogen-bond donors (Lipinski definition) is 1. The first-order valence-corrected chi connectivity index (χ1v) is 7.34. The van der Waals surface area contributed by atoms with E-state index in [0.717, 1.165) is 5.00 Å². The molecule has 0 atom stereocenters. The summed E-state index contributed by atoms with van der Waals surface area (Å²) in [7, 11) is 0. The van der Waals surface area contributed by atoms with Gasteiger partial charge >= 0.3 is 0 Å². The van der Waals surface area contributed by atoms with E-state index in [0.29, 0.717) is 24.4 Å². The fourth-order valence-electron chi connectivity index (χ4n) is 1.84. The third-order valence-electron chi connectivity index (χ3n) is 2.91. The molecule has 3 rings (SSSR count). The molecule has 0 unspecified atom stereocenters. The minimum absolute atomic E-state index is 0.188. The van der Waals surface area contributed by atoms with Crippen molar-refractivity contribution >= 4 is 17.2 Å². The highest BCUT2D eigenvalue weighted by Crippen LogP contribution is 2.16. The Bertz CT molecular complexity index is 724. The summed E-state index contributed by atoms with van der Waals surface area (Å²) in [5, 5.41) is 14.0. The number of hydrogen-bond acceptors (Lipinski definition) is 6. The second kappa shape index (κ2) is 5.96. The van der Waals surface area contributed by atoms with E-state index in [1.807, 2.05) is 24.4 Å². The molecule has 0 bridgehead atoms. The second-order valence-electron chi connectivity index (χ2n) is 4.30. The lowest BCUT2D eigenvalue weighted by Gasteiger charge is -2.06. The molecule has 1 N–H and O–H groups in total. The Hall–Kier alpha value is -2.35. The van der Waals surface area contributed by atoms with Crippen LogP contribution in [0.2, 0.25) is 0 Å². The molecule has 3 heterocycles. The molecular formula is C13H13FN6S. The van der Waals surface area contributed by atoms with Gasteiger partial charge in [0.2, 0.25) is 0 Å². The van der Waals surface area contributed by atoms with Crippen molar-refractivity contribution in [2.75, 3.05) is 5.32 Å². The molecule has 0 aliphatic heterocycles. The Morgan fingerprint density at radius 3 is 3.05 bits per heavy atom. The van der Waals surface area contributed by atoms with Crippen LogP contribution < -0.4 is 5.32 Å². The molecule has 0 spiro atoms. The predicted octanol–water partition coefficient (Wildman–Crippen LogP) is 2.43. The SMILES string of the molecule is CCc1ncnc(NCc2cn(-c3cccs3)nn2)c1F. The summed E-state index contributed by atoms with van der Waals surface area (Å²) in [4.78, 5) is 7.80. The summed E-state index contributed by atoms with van der Waals surface area (Å²) >= 11 is 1.57. The number of nitrogens with one attached hydrogen (secondary N) is 1. The van der Waals surface area contributed by atoms with Crippen LogP contribution in [0, 0.1) is 5.82 Å². The van der Waals surface area contributed by atoms with Crippen molar-refractivity contribution in [3.05, 3.63) is 47.2 Å². The highest BCUT2D eigenvalue weighted by atomic mass is 32.1. The number of thiophene rings is 1. The van der Waals surface area contributed by atoms with Gasteiger partial charge in [0.1, 0.15) is 17.0 Å². The minimum atomic E-state index is -0.411. The van der Waals surface area contributed by atoms with Gasteiger partial charge in [0, 0.05) is 0 Å². The summed E-state index contributed by atoms with van der Waals surface area (Å²) in [6.07, 6.45) is 3.68. The van der Waals surface area contributed by atoms with Gasteiger partial charge in [-0.1, -0.05) is 12.1 Å². The second-order valence-corrected chi connectivity index (χ2v) is 5.22. The minimum Gasteiger partial charge on any atom is -0.362 e. The third-order valence-corrected chi connectivity index (χ3v) is 3.76. The molecule has 108 valence electrons. The van der Waals surface area contributed by atoms with Gasteiger partial charge in [-0.15, -0.1) is 16.4 Å². The molecule has 0 saturated heterocycles. The van der Waals surface area contributed by atoms with E-state index in [9.17, 15) is 4.39 Å². The van der Waals surface area contributed by atoms with Crippen LogP contribution in [0.1, 0.15) is 18.3 Å². The first-order chi connectivity index (χ1) is 10.3. The smallest absolute Gasteiger partial charge is 0.186 e. The molecule has 3 aromatic rings. The molecular weight excluding hydrogens is 291 g/mol. The van der Waals surface area contributed by atoms with Gasteiger partial charge in [-0.3, -0.25) is 0 Å². The number of aryl methyl sites for hydroxylation is 1. The van der Waals surface area contributed by atoms with Crippen molar-refractivity contribution in [1.29, 1.82) is 0 Å². The van der Waals surface area contributed by atoms with E-state index in [1.54, 1.807) is 22.2 Å². The molecule has 0 amide bonds. The van der Waals surface area contributed by atoms with Crippen LogP contribution >= 0.6 is 11.3 Å². The fraction of sp³-hybridized carbons (Fsp3) is 0.231. The van der Waals surface area contributed by atoms with Crippen molar-refractivity contribution in [1.82, 2.24) is 25.0 Å². The first kappa shape index (κ1) is 13.6. The van der Waals surface area contributed by atoms with Crippen LogP contribution in [0.5, 0.6) is 0 Å². The molecule has 6 nitrogen and oxygen atoms in total. The summed E-state index contributed by atoms with van der Waals surface area (Å²) in [5.74, 6) is -0.224. The van der Waals surface area contributed by atoms with Crippen LogP contribution in [0.25, 0.3) is 5.00 Å². The van der Waals surface area contributed by atoms with Crippen LogP contribution in [0.4, 0.5) is 10.2 Å². The number of nitrogens with zero attached hydrogens (tertiary/aromatic N) is 5. The maximum absolute atomic E-state index is 14.0. The number of anilines is 1. The van der Waals surface area contributed by atoms with Crippen molar-refractivity contribution in [2.45, 2.75) is 19.9 Å². The largest absolute Gasteiger partial charge is 0.362 e. The number of aromatic nitrogens is 5. The number of halogens is 1. The topological polar surface area (TPSA) is 68.5 Å². The van der Waals surface area contributed by atoms with E-state index < -0.39 is 5.82 Å². The van der Waals surface area contributed by atoms with Gasteiger partial charge in [-0.05, 0) is 23.9 Å². The molecule has 8 heteroatoms. The standard InChI is InChI=1S/C13H13FN6S/c1-2-10-12(14)13(17-8-16-10)15-6-9-7-20(19-18-9)11-4-3-5-21-11/h3-5,7-8H,2,6H2,1H3,(H,15,16,17).